The van der Waals surface area contributed by atoms with Crippen LogP contribution in [0.3, 0.4) is 0 Å². The van der Waals surface area contributed by atoms with Gasteiger partial charge in [-0.1, -0.05) is 164 Å². The zero-order valence-electron chi connectivity index (χ0n) is 23.0. The molecule has 0 saturated carbocycles. The number of likely N-dealkylation sites (N-methyl/N-ethyl adjacent to an activating group) is 1. The minimum atomic E-state index is 0.390. The molecule has 0 radical (unpaired) electrons. The van der Waals surface area contributed by atoms with E-state index >= 15 is 0 Å². The summed E-state index contributed by atoms with van der Waals surface area (Å²) in [6, 6.07) is 21.8. The second kappa shape index (κ2) is 20.5. The van der Waals surface area contributed by atoms with E-state index in [4.69, 9.17) is 0 Å². The lowest BCUT2D eigenvalue weighted by molar-refractivity contribution is 0.226. The lowest BCUT2D eigenvalue weighted by Gasteiger charge is -2.25. The minimum absolute atomic E-state index is 0.390. The fourth-order valence-corrected chi connectivity index (χ4v) is 5.06. The van der Waals surface area contributed by atoms with Gasteiger partial charge in [0.05, 0.1) is 0 Å². The van der Waals surface area contributed by atoms with Gasteiger partial charge in [-0.15, -0.1) is 0 Å². The van der Waals surface area contributed by atoms with E-state index in [1.54, 1.807) is 0 Å². The maximum Gasteiger partial charge on any atom is 0.0237 e. The monoisotopic (exact) mass is 478 g/mol. The third-order valence-electron chi connectivity index (χ3n) is 7.27. The number of unbranched alkanes of at least 4 members (excludes halogenated alkanes) is 15. The maximum atomic E-state index is 3.64. The van der Waals surface area contributed by atoms with Crippen LogP contribution < -0.4 is 5.43 Å². The predicted octanol–water partition coefficient (Wildman–Crippen LogP) is 9.52. The Morgan fingerprint density at radius 1 is 0.543 bits per heavy atom. The fraction of sp³-hybridized carbons (Fsp3) is 0.636. The molecule has 2 heteroatoms. The number of hydrogen-bond donors (Lipinski definition) is 1. The number of hydrogen-bond acceptors (Lipinski definition) is 2. The zero-order valence-corrected chi connectivity index (χ0v) is 23.0. The van der Waals surface area contributed by atoms with E-state index in [0.29, 0.717) is 5.92 Å². The molecule has 35 heavy (non-hydrogen) atoms. The summed E-state index contributed by atoms with van der Waals surface area (Å²) in [5.41, 5.74) is 6.40. The molecule has 196 valence electrons. The summed E-state index contributed by atoms with van der Waals surface area (Å²) in [6.07, 6.45) is 22.7. The first-order valence-electron chi connectivity index (χ1n) is 14.9. The Balaban J connectivity index is 1.45. The van der Waals surface area contributed by atoms with Gasteiger partial charge in [0.2, 0.25) is 0 Å². The van der Waals surface area contributed by atoms with Crippen molar-refractivity contribution in [3.63, 3.8) is 0 Å². The van der Waals surface area contributed by atoms with Crippen LogP contribution in [0.5, 0.6) is 0 Å². The van der Waals surface area contributed by atoms with Crippen LogP contribution in [-0.4, -0.2) is 25.1 Å². The van der Waals surface area contributed by atoms with Crippen molar-refractivity contribution in [3.8, 4) is 0 Å². The van der Waals surface area contributed by atoms with E-state index in [1.807, 2.05) is 0 Å². The van der Waals surface area contributed by atoms with Gasteiger partial charge in [0.1, 0.15) is 0 Å². The van der Waals surface area contributed by atoms with E-state index in [-0.39, 0.29) is 0 Å². The second-order valence-corrected chi connectivity index (χ2v) is 10.5. The molecule has 0 atom stereocenters. The van der Waals surface area contributed by atoms with Gasteiger partial charge in [-0.05, 0) is 17.5 Å². The normalized spacial score (nSPS) is 11.5. The van der Waals surface area contributed by atoms with Crippen LogP contribution in [0.25, 0.3) is 0 Å². The summed E-state index contributed by atoms with van der Waals surface area (Å²) in [5, 5.41) is 2.29. The molecule has 0 aromatic heterocycles. The van der Waals surface area contributed by atoms with Gasteiger partial charge in [-0.2, -0.15) is 0 Å². The van der Waals surface area contributed by atoms with Crippen molar-refractivity contribution in [1.29, 1.82) is 0 Å². The van der Waals surface area contributed by atoms with Crippen molar-refractivity contribution in [2.24, 2.45) is 0 Å². The van der Waals surface area contributed by atoms with Gasteiger partial charge >= 0.3 is 0 Å². The molecular weight excluding hydrogens is 424 g/mol. The third kappa shape index (κ3) is 14.5. The summed E-state index contributed by atoms with van der Waals surface area (Å²) in [7, 11) is 2.19. The quantitative estimate of drug-likeness (QED) is 0.134. The van der Waals surface area contributed by atoms with Gasteiger partial charge in [0.25, 0.3) is 0 Å². The maximum absolute atomic E-state index is 3.64. The zero-order chi connectivity index (χ0) is 24.8. The van der Waals surface area contributed by atoms with Crippen molar-refractivity contribution >= 4 is 0 Å². The Morgan fingerprint density at radius 2 is 0.914 bits per heavy atom. The van der Waals surface area contributed by atoms with Crippen molar-refractivity contribution in [1.82, 2.24) is 10.4 Å². The molecule has 0 aliphatic carbocycles. The van der Waals surface area contributed by atoms with Crippen LogP contribution in [0.15, 0.2) is 60.7 Å². The molecule has 0 unspecified atom stereocenters. The molecule has 2 aromatic rings. The highest BCUT2D eigenvalue weighted by molar-refractivity contribution is 5.32. The first-order chi connectivity index (χ1) is 17.3. The number of nitrogens with zero attached hydrogens (tertiary/aromatic N) is 1. The standard InChI is InChI=1S/C33H54N2/c1-3-4-5-6-7-8-9-10-11-12-13-14-15-16-17-24-29-34-35(2)30-33(31-25-20-18-21-26-31)32-27-22-19-23-28-32/h18-23,25-28,33-34H,3-17,24,29-30H2,1-2H3. The fourth-order valence-electron chi connectivity index (χ4n) is 5.06. The molecule has 0 saturated heterocycles. The Hall–Kier alpha value is -1.64. The third-order valence-corrected chi connectivity index (χ3v) is 7.27. The molecule has 0 fully saturated rings. The molecule has 0 aliphatic heterocycles. The Morgan fingerprint density at radius 3 is 1.31 bits per heavy atom. The average molecular weight is 479 g/mol. The first-order valence-corrected chi connectivity index (χ1v) is 14.9. The highest BCUT2D eigenvalue weighted by Crippen LogP contribution is 2.25. The largest absolute Gasteiger partial charge is 0.255 e. The molecule has 0 spiro atoms. The van der Waals surface area contributed by atoms with Gasteiger partial charge in [-0.3, -0.25) is 5.43 Å². The predicted molar refractivity (Wildman–Crippen MR) is 155 cm³/mol. The molecule has 0 heterocycles. The molecule has 0 amide bonds. The number of nitrogens with one attached hydrogen (secondary N) is 1. The topological polar surface area (TPSA) is 15.3 Å². The SMILES string of the molecule is CCCCCCCCCCCCCCCCCCNN(C)CC(c1ccccc1)c1ccccc1. The summed E-state index contributed by atoms with van der Waals surface area (Å²) >= 11 is 0. The Labute approximate surface area is 217 Å². The highest BCUT2D eigenvalue weighted by Gasteiger charge is 2.15. The van der Waals surface area contributed by atoms with Crippen molar-refractivity contribution in [2.45, 2.75) is 116 Å². The smallest absolute Gasteiger partial charge is 0.0237 e. The molecule has 1 N–H and O–H groups in total. The summed E-state index contributed by atoms with van der Waals surface area (Å²) in [5.74, 6) is 0.390. The summed E-state index contributed by atoms with van der Waals surface area (Å²) < 4.78 is 0. The van der Waals surface area contributed by atoms with Crippen LogP contribution in [0.4, 0.5) is 0 Å². The Bertz CT molecular complexity index is 660. The van der Waals surface area contributed by atoms with E-state index in [1.165, 1.54) is 114 Å². The minimum Gasteiger partial charge on any atom is -0.255 e. The van der Waals surface area contributed by atoms with Crippen LogP contribution >= 0.6 is 0 Å². The molecule has 0 aliphatic rings. The van der Waals surface area contributed by atoms with Gasteiger partial charge in [0.15, 0.2) is 0 Å². The van der Waals surface area contributed by atoms with E-state index in [0.717, 1.165) is 13.1 Å². The number of rotatable bonds is 22. The van der Waals surface area contributed by atoms with E-state index < -0.39 is 0 Å². The highest BCUT2D eigenvalue weighted by atomic mass is 15.5. The van der Waals surface area contributed by atoms with Gasteiger partial charge < -0.3 is 0 Å². The first kappa shape index (κ1) is 29.6. The van der Waals surface area contributed by atoms with Crippen molar-refractivity contribution < 1.29 is 0 Å². The lowest BCUT2D eigenvalue weighted by Crippen LogP contribution is -2.38. The molecule has 2 rings (SSSR count). The van der Waals surface area contributed by atoms with Gasteiger partial charge in [0, 0.05) is 26.1 Å². The van der Waals surface area contributed by atoms with E-state index in [2.05, 4.69) is 85.1 Å². The van der Waals surface area contributed by atoms with Crippen LogP contribution in [-0.2, 0) is 0 Å². The van der Waals surface area contributed by atoms with Crippen molar-refractivity contribution in [2.75, 3.05) is 20.1 Å². The average Bonchev–Trinajstić information content (AvgIpc) is 2.90. The second-order valence-electron chi connectivity index (χ2n) is 10.5. The number of hydrazine groups is 1. The molecular formula is C33H54N2. The van der Waals surface area contributed by atoms with Crippen LogP contribution in [0.2, 0.25) is 0 Å². The van der Waals surface area contributed by atoms with E-state index in [9.17, 15) is 0 Å². The van der Waals surface area contributed by atoms with Crippen molar-refractivity contribution in [3.05, 3.63) is 71.8 Å². The summed E-state index contributed by atoms with van der Waals surface area (Å²) in [4.78, 5) is 0. The summed E-state index contributed by atoms with van der Waals surface area (Å²) in [6.45, 7) is 4.35. The molecule has 2 aromatic carbocycles. The lowest BCUT2D eigenvalue weighted by atomic mass is 9.91. The van der Waals surface area contributed by atoms with Crippen LogP contribution in [0.1, 0.15) is 127 Å². The van der Waals surface area contributed by atoms with Crippen LogP contribution in [0, 0.1) is 0 Å². The number of benzene rings is 2. The molecule has 0 bridgehead atoms. The van der Waals surface area contributed by atoms with Gasteiger partial charge in [-0.25, -0.2) is 5.01 Å². The molecule has 2 nitrogen and oxygen atoms in total. The Kier molecular flexibility index (Phi) is 17.4.